The van der Waals surface area contributed by atoms with Crippen molar-refractivity contribution in [2.75, 3.05) is 26.7 Å². The van der Waals surface area contributed by atoms with Crippen LogP contribution in [0.15, 0.2) is 0 Å². The van der Waals surface area contributed by atoms with Gasteiger partial charge in [-0.15, -0.1) is 0 Å². The number of rotatable bonds is 6. The lowest BCUT2D eigenvalue weighted by Gasteiger charge is -2.26. The molecule has 0 bridgehead atoms. The summed E-state index contributed by atoms with van der Waals surface area (Å²) in [6, 6.07) is -0.537. The van der Waals surface area contributed by atoms with Crippen LogP contribution in [0.5, 0.6) is 0 Å². The van der Waals surface area contributed by atoms with Crippen LogP contribution in [-0.2, 0) is 9.59 Å². The molecule has 0 heterocycles. The van der Waals surface area contributed by atoms with Gasteiger partial charge in [0, 0.05) is 20.1 Å². The second-order valence-corrected chi connectivity index (χ2v) is 4.53. The number of hydrogen-bond donors (Lipinski definition) is 1. The first-order valence-electron chi connectivity index (χ1n) is 6.13. The predicted molar refractivity (Wildman–Crippen MR) is 68.4 cm³/mol. The highest BCUT2D eigenvalue weighted by atomic mass is 16.2. The number of likely N-dealkylation sites (N-methyl/N-ethyl adjacent to an activating group) is 2. The fourth-order valence-electron chi connectivity index (χ4n) is 1.50. The zero-order valence-electron chi connectivity index (χ0n) is 11.6. The second kappa shape index (κ2) is 7.27. The normalized spacial score (nSPS) is 12.4. The molecule has 0 saturated heterocycles. The van der Waals surface area contributed by atoms with Gasteiger partial charge in [-0.1, -0.05) is 13.8 Å². The van der Waals surface area contributed by atoms with E-state index < -0.39 is 6.04 Å². The molecular weight excluding hydrogens is 218 g/mol. The van der Waals surface area contributed by atoms with Crippen LogP contribution >= 0.6 is 0 Å². The van der Waals surface area contributed by atoms with Crippen molar-refractivity contribution in [2.24, 2.45) is 11.7 Å². The van der Waals surface area contributed by atoms with Gasteiger partial charge in [0.25, 0.3) is 0 Å². The zero-order chi connectivity index (χ0) is 13.6. The Morgan fingerprint density at radius 3 is 2.00 bits per heavy atom. The third kappa shape index (κ3) is 4.73. The Morgan fingerprint density at radius 2 is 1.65 bits per heavy atom. The SMILES string of the molecule is CCN(CC)C(=O)CN(C)C(=O)C(N)C(C)C. The Labute approximate surface area is 104 Å². The molecule has 0 aliphatic rings. The highest BCUT2D eigenvalue weighted by Gasteiger charge is 2.23. The van der Waals surface area contributed by atoms with Gasteiger partial charge in [-0.3, -0.25) is 9.59 Å². The molecule has 0 radical (unpaired) electrons. The van der Waals surface area contributed by atoms with E-state index in [0.717, 1.165) is 0 Å². The molecule has 2 amide bonds. The average Bonchev–Trinajstić information content (AvgIpc) is 2.28. The van der Waals surface area contributed by atoms with E-state index in [1.54, 1.807) is 11.9 Å². The van der Waals surface area contributed by atoms with Crippen LogP contribution in [0.2, 0.25) is 0 Å². The minimum Gasteiger partial charge on any atom is -0.342 e. The monoisotopic (exact) mass is 243 g/mol. The summed E-state index contributed by atoms with van der Waals surface area (Å²) in [4.78, 5) is 26.8. The van der Waals surface area contributed by atoms with Gasteiger partial charge in [0.05, 0.1) is 12.6 Å². The summed E-state index contributed by atoms with van der Waals surface area (Å²) in [7, 11) is 1.62. The third-order valence-corrected chi connectivity index (χ3v) is 2.87. The first kappa shape index (κ1) is 15.9. The van der Waals surface area contributed by atoms with Crippen LogP contribution < -0.4 is 5.73 Å². The Balaban J connectivity index is 4.39. The van der Waals surface area contributed by atoms with Gasteiger partial charge in [-0.25, -0.2) is 0 Å². The van der Waals surface area contributed by atoms with E-state index in [1.165, 1.54) is 4.90 Å². The lowest BCUT2D eigenvalue weighted by molar-refractivity contribution is -0.140. The first-order valence-corrected chi connectivity index (χ1v) is 6.13. The Bertz CT molecular complexity index is 262. The molecule has 0 saturated carbocycles. The molecule has 0 fully saturated rings. The lowest BCUT2D eigenvalue weighted by Crippen LogP contribution is -2.48. The molecule has 2 N–H and O–H groups in total. The first-order chi connectivity index (χ1) is 7.84. The standard InChI is InChI=1S/C12H25N3O2/c1-6-15(7-2)10(16)8-14(5)12(17)11(13)9(3)4/h9,11H,6-8,13H2,1-5H3. The number of carbonyl (C=O) groups is 2. The van der Waals surface area contributed by atoms with Gasteiger partial charge >= 0.3 is 0 Å². The molecule has 0 aliphatic carbocycles. The minimum absolute atomic E-state index is 0.0400. The maximum atomic E-state index is 11.8. The molecule has 0 aliphatic heterocycles. The van der Waals surface area contributed by atoms with Crippen LogP contribution in [-0.4, -0.2) is 54.3 Å². The van der Waals surface area contributed by atoms with Gasteiger partial charge in [0.2, 0.25) is 11.8 Å². The van der Waals surface area contributed by atoms with Crippen molar-refractivity contribution in [1.29, 1.82) is 0 Å². The third-order valence-electron chi connectivity index (χ3n) is 2.87. The summed E-state index contributed by atoms with van der Waals surface area (Å²) < 4.78 is 0. The minimum atomic E-state index is -0.537. The predicted octanol–water partition coefficient (Wildman–Crippen LogP) is 0.297. The van der Waals surface area contributed by atoms with E-state index in [0.29, 0.717) is 13.1 Å². The van der Waals surface area contributed by atoms with Crippen molar-refractivity contribution in [3.05, 3.63) is 0 Å². The van der Waals surface area contributed by atoms with E-state index in [9.17, 15) is 9.59 Å². The lowest BCUT2D eigenvalue weighted by atomic mass is 10.0. The van der Waals surface area contributed by atoms with Gasteiger partial charge in [0.15, 0.2) is 0 Å². The molecule has 5 nitrogen and oxygen atoms in total. The van der Waals surface area contributed by atoms with Crippen molar-refractivity contribution in [2.45, 2.75) is 33.7 Å². The largest absolute Gasteiger partial charge is 0.342 e. The van der Waals surface area contributed by atoms with Crippen molar-refractivity contribution in [3.8, 4) is 0 Å². The summed E-state index contributed by atoms with van der Waals surface area (Å²) in [5.41, 5.74) is 5.76. The molecule has 0 aromatic heterocycles. The van der Waals surface area contributed by atoms with E-state index in [4.69, 9.17) is 5.73 Å². The van der Waals surface area contributed by atoms with Crippen molar-refractivity contribution in [3.63, 3.8) is 0 Å². The molecule has 0 spiro atoms. The molecule has 100 valence electrons. The summed E-state index contributed by atoms with van der Waals surface area (Å²) in [5, 5.41) is 0. The molecule has 0 aromatic carbocycles. The molecular formula is C12H25N3O2. The van der Waals surface area contributed by atoms with Crippen LogP contribution in [0.25, 0.3) is 0 Å². The number of hydrogen-bond acceptors (Lipinski definition) is 3. The Morgan fingerprint density at radius 1 is 1.18 bits per heavy atom. The molecule has 5 heteroatoms. The van der Waals surface area contributed by atoms with E-state index in [1.807, 2.05) is 27.7 Å². The summed E-state index contributed by atoms with van der Waals surface area (Å²) in [5.74, 6) is -0.143. The van der Waals surface area contributed by atoms with Crippen LogP contribution in [0.4, 0.5) is 0 Å². The molecule has 0 aromatic rings. The molecule has 1 atom stereocenters. The van der Waals surface area contributed by atoms with Crippen LogP contribution in [0, 0.1) is 5.92 Å². The smallest absolute Gasteiger partial charge is 0.242 e. The second-order valence-electron chi connectivity index (χ2n) is 4.53. The molecule has 1 unspecified atom stereocenters. The van der Waals surface area contributed by atoms with Gasteiger partial charge in [0.1, 0.15) is 0 Å². The molecule has 17 heavy (non-hydrogen) atoms. The number of nitrogens with two attached hydrogens (primary N) is 1. The Hall–Kier alpha value is -1.10. The fourth-order valence-corrected chi connectivity index (χ4v) is 1.50. The van der Waals surface area contributed by atoms with Gasteiger partial charge in [-0.05, 0) is 19.8 Å². The van der Waals surface area contributed by atoms with Gasteiger partial charge in [-0.2, -0.15) is 0 Å². The summed E-state index contributed by atoms with van der Waals surface area (Å²) >= 11 is 0. The maximum Gasteiger partial charge on any atom is 0.242 e. The number of carbonyl (C=O) groups excluding carboxylic acids is 2. The van der Waals surface area contributed by atoms with Crippen LogP contribution in [0.3, 0.4) is 0 Å². The Kier molecular flexibility index (Phi) is 6.80. The average molecular weight is 243 g/mol. The highest BCUT2D eigenvalue weighted by Crippen LogP contribution is 2.02. The van der Waals surface area contributed by atoms with Crippen molar-refractivity contribution in [1.82, 2.24) is 9.80 Å². The summed E-state index contributed by atoms with van der Waals surface area (Å²) in [6.07, 6.45) is 0. The maximum absolute atomic E-state index is 11.8. The van der Waals surface area contributed by atoms with E-state index in [-0.39, 0.29) is 24.3 Å². The van der Waals surface area contributed by atoms with Gasteiger partial charge < -0.3 is 15.5 Å². The fraction of sp³-hybridized carbons (Fsp3) is 0.833. The number of nitrogens with zero attached hydrogens (tertiary/aromatic N) is 2. The van der Waals surface area contributed by atoms with Crippen molar-refractivity contribution < 1.29 is 9.59 Å². The molecule has 0 rings (SSSR count). The summed E-state index contributed by atoms with van der Waals surface area (Å²) in [6.45, 7) is 9.04. The van der Waals surface area contributed by atoms with E-state index in [2.05, 4.69) is 0 Å². The highest BCUT2D eigenvalue weighted by molar-refractivity contribution is 5.87. The van der Waals surface area contributed by atoms with Crippen LogP contribution in [0.1, 0.15) is 27.7 Å². The van der Waals surface area contributed by atoms with E-state index >= 15 is 0 Å². The van der Waals surface area contributed by atoms with Crippen molar-refractivity contribution >= 4 is 11.8 Å². The quantitative estimate of drug-likeness (QED) is 0.729. The topological polar surface area (TPSA) is 66.6 Å². The number of amides is 2. The zero-order valence-corrected chi connectivity index (χ0v) is 11.6.